The molecule has 4 nitrogen and oxygen atoms in total. The van der Waals surface area contributed by atoms with Crippen LogP contribution in [0.25, 0.3) is 5.57 Å². The van der Waals surface area contributed by atoms with Gasteiger partial charge in [0.2, 0.25) is 0 Å². The second kappa shape index (κ2) is 37.8. The quantitative estimate of drug-likeness (QED) is 0.139. The molecule has 0 fully saturated rings. The average Bonchev–Trinajstić information content (AvgIpc) is 1.59. The first kappa shape index (κ1) is 85.4. The molecule has 99 heavy (non-hydrogen) atoms. The summed E-state index contributed by atoms with van der Waals surface area (Å²) in [5.74, 6) is -0.223. The highest BCUT2D eigenvalue weighted by Gasteiger charge is 2.46. The lowest BCUT2D eigenvalue weighted by molar-refractivity contribution is -0.191. The van der Waals surface area contributed by atoms with E-state index in [9.17, 15) is 4.79 Å². The Labute approximate surface area is 638 Å². The lowest BCUT2D eigenvalue weighted by Crippen LogP contribution is -2.23. The molecule has 0 saturated heterocycles. The van der Waals surface area contributed by atoms with Gasteiger partial charge < -0.3 is 5.11 Å². The number of alkyl halides is 5. The molecule has 2 atom stereocenters. The van der Waals surface area contributed by atoms with E-state index in [1.54, 1.807) is 12.1 Å². The van der Waals surface area contributed by atoms with Crippen molar-refractivity contribution in [1.29, 1.82) is 0 Å². The van der Waals surface area contributed by atoms with Crippen LogP contribution in [0.15, 0.2) is 219 Å². The summed E-state index contributed by atoms with van der Waals surface area (Å²) in [6.45, 7) is 47.8. The third-order valence-electron chi connectivity index (χ3n) is 18.4. The van der Waals surface area contributed by atoms with Crippen LogP contribution in [0.4, 0.5) is 0 Å². The number of carboxylic acids is 1. The lowest BCUT2D eigenvalue weighted by Gasteiger charge is -2.28. The van der Waals surface area contributed by atoms with Crippen molar-refractivity contribution in [2.75, 3.05) is 0 Å². The Kier molecular flexibility index (Phi) is 32.6. The van der Waals surface area contributed by atoms with Gasteiger partial charge in [-0.25, -0.2) is 4.79 Å². The normalized spacial score (nSPS) is 15.8. The molecule has 0 aromatic heterocycles. The van der Waals surface area contributed by atoms with Gasteiger partial charge in [0.1, 0.15) is 0 Å². The van der Waals surface area contributed by atoms with Gasteiger partial charge in [0.05, 0.1) is 5.56 Å². The van der Waals surface area contributed by atoms with Crippen molar-refractivity contribution in [2.45, 2.75) is 203 Å². The Morgan fingerprint density at radius 2 is 0.737 bits per heavy atom. The number of rotatable bonds is 10. The molecule has 0 saturated carbocycles. The summed E-state index contributed by atoms with van der Waals surface area (Å²) in [7, 11) is 0. The van der Waals surface area contributed by atoms with Crippen molar-refractivity contribution in [3.05, 3.63) is 325 Å². The van der Waals surface area contributed by atoms with E-state index >= 15 is 0 Å². The molecule has 2 unspecified atom stereocenters. The van der Waals surface area contributed by atoms with E-state index < -0.39 is 5.97 Å². The van der Waals surface area contributed by atoms with Gasteiger partial charge in [0.25, 0.3) is 0 Å². The number of hydrogen-bond donors (Lipinski definition) is 1. The van der Waals surface area contributed by atoms with Crippen LogP contribution >= 0.6 is 79.6 Å². The number of hydrogen-bond acceptors (Lipinski definition) is 3. The number of fused-ring (bicyclic) bond motifs is 2. The van der Waals surface area contributed by atoms with Gasteiger partial charge in [0.15, 0.2) is 0 Å². The molecule has 526 valence electrons. The molecule has 11 rings (SSSR count). The van der Waals surface area contributed by atoms with Crippen LogP contribution in [-0.2, 0) is 54.9 Å². The third-order valence-corrected chi connectivity index (χ3v) is 21.1. The molecule has 2 aliphatic rings. The number of halogens is 5. The molecule has 9 aromatic carbocycles. The summed E-state index contributed by atoms with van der Waals surface area (Å²) in [5.41, 5.74) is 26.2. The highest BCUT2D eigenvalue weighted by atomic mass is 79.9. The second-order valence-corrected chi connectivity index (χ2v) is 36.9. The van der Waals surface area contributed by atoms with E-state index in [0.717, 1.165) is 22.7 Å². The highest BCUT2D eigenvalue weighted by molar-refractivity contribution is 9.10. The molecule has 0 amide bonds. The minimum atomic E-state index is -0.876. The molecular formula is C90H107Br5O4. The van der Waals surface area contributed by atoms with Crippen LogP contribution in [-0.4, -0.2) is 17.2 Å². The Morgan fingerprint density at radius 3 is 1.08 bits per heavy atom. The molecule has 0 bridgehead atoms. The van der Waals surface area contributed by atoms with Crippen molar-refractivity contribution < 1.29 is 19.5 Å². The van der Waals surface area contributed by atoms with Crippen LogP contribution in [0.2, 0.25) is 0 Å². The standard InChI is InChI=1S/C20H24.C19H20O2.2C10H12Br2.C10H13Br.C10H14.C10H12.CO2/c1-14-6-9-16(10-7-14)20(5)13-19(3,4)17-11-8-15(2)12-18(17)20;1-18(2)12-19(3,16-7-5-4-6-15(16)18)14-10-8-13(9-11-14)17(20)21;2*1-10(2,12)9-5-3-8(7-11)4-6-9;1-8-4-6-9(7-5-8)10(2,3)11;2*1-8(2)10-6-4-9(3)5-7-10;2-1-3/h6-12H,13H2,1-5H3;4-11H,12H2,1-3H3,(H,20,21);2*3-6H,7H2,1-2H3;4-7H,1-3H3;4-8H,1-3H3;4-7H,1H2,2-3H3;. The van der Waals surface area contributed by atoms with Crippen LogP contribution in [0.1, 0.15) is 233 Å². The molecule has 0 heterocycles. The molecule has 0 radical (unpaired) electrons. The molecule has 2 aliphatic carbocycles. The number of carbonyl (C=O) groups excluding carboxylic acids is 2. The fourth-order valence-electron chi connectivity index (χ4n) is 12.5. The number of carbonyl (C=O) groups is 1. The Balaban J connectivity index is 0.000000249. The zero-order valence-electron chi connectivity index (χ0n) is 62.4. The SMILES string of the molecule is C=C(C)c1ccc(C)cc1.CC(C)(Br)c1ccc(CBr)cc1.CC(C)(Br)c1ccc(CBr)cc1.CC1(C)CC(C)(c2ccc(C(=O)O)cc2)c2ccccc21.Cc1ccc(C(C)(C)Br)cc1.Cc1ccc(C(C)C)cc1.Cc1ccc(C2(C)CC(C)(C)c3ccc(C)cc32)cc1.O=C=O. The Bertz CT molecular complexity index is 3950. The zero-order valence-corrected chi connectivity index (χ0v) is 70.3. The number of allylic oxidation sites excluding steroid dienone is 1. The number of carboxylic acid groups (broad SMARTS) is 1. The molecule has 0 spiro atoms. The first-order valence-electron chi connectivity index (χ1n) is 33.9. The highest BCUT2D eigenvalue weighted by Crippen LogP contribution is 2.54. The van der Waals surface area contributed by atoms with Crippen molar-refractivity contribution in [3.8, 4) is 0 Å². The van der Waals surface area contributed by atoms with Gasteiger partial charge in [0, 0.05) is 34.5 Å². The minimum Gasteiger partial charge on any atom is -0.478 e. The summed E-state index contributed by atoms with van der Waals surface area (Å²) >= 11 is 17.7. The van der Waals surface area contributed by atoms with Crippen molar-refractivity contribution >= 4 is 97.3 Å². The maximum absolute atomic E-state index is 11.0. The average molecular weight is 1650 g/mol. The molecule has 9 heteroatoms. The monoisotopic (exact) mass is 1650 g/mol. The molecular weight excluding hydrogens is 1540 g/mol. The van der Waals surface area contributed by atoms with E-state index in [-0.39, 0.29) is 40.8 Å². The second-order valence-electron chi connectivity index (χ2n) is 29.9. The Hall–Kier alpha value is -6.03. The van der Waals surface area contributed by atoms with Gasteiger partial charge in [-0.1, -0.05) is 375 Å². The van der Waals surface area contributed by atoms with E-state index in [2.05, 4.69) is 406 Å². The number of aromatic carboxylic acids is 1. The smallest absolute Gasteiger partial charge is 0.373 e. The van der Waals surface area contributed by atoms with E-state index in [1.807, 2.05) is 19.1 Å². The van der Waals surface area contributed by atoms with Crippen molar-refractivity contribution in [1.82, 2.24) is 0 Å². The summed E-state index contributed by atoms with van der Waals surface area (Å²) < 4.78 is 0.260. The van der Waals surface area contributed by atoms with Gasteiger partial charge in [-0.15, -0.1) is 0 Å². The zero-order chi connectivity index (χ0) is 74.5. The van der Waals surface area contributed by atoms with E-state index in [1.165, 1.54) is 107 Å². The first-order chi connectivity index (χ1) is 46.1. The van der Waals surface area contributed by atoms with E-state index in [4.69, 9.17) is 14.7 Å². The lowest BCUT2D eigenvalue weighted by atomic mass is 9.75. The third kappa shape index (κ3) is 25.8. The number of aryl methyl sites for hydroxylation is 5. The summed E-state index contributed by atoms with van der Waals surface area (Å²) in [6.07, 6.45) is 2.47. The molecule has 1 N–H and O–H groups in total. The summed E-state index contributed by atoms with van der Waals surface area (Å²) in [4.78, 5) is 27.3. The predicted octanol–water partition coefficient (Wildman–Crippen LogP) is 27.3. The summed E-state index contributed by atoms with van der Waals surface area (Å²) in [6, 6.07) is 74.9. The first-order valence-corrected chi connectivity index (χ1v) is 38.5. The van der Waals surface area contributed by atoms with Gasteiger partial charge in [-0.05, 0) is 197 Å². The Morgan fingerprint density at radius 1 is 0.444 bits per heavy atom. The van der Waals surface area contributed by atoms with Crippen LogP contribution in [0, 0.1) is 34.6 Å². The molecule has 0 aliphatic heterocycles. The van der Waals surface area contributed by atoms with Gasteiger partial charge in [-0.3, -0.25) is 0 Å². The van der Waals surface area contributed by atoms with E-state index in [0.29, 0.717) is 11.5 Å². The topological polar surface area (TPSA) is 71.4 Å². The van der Waals surface area contributed by atoms with Gasteiger partial charge >= 0.3 is 12.1 Å². The van der Waals surface area contributed by atoms with Gasteiger partial charge in [-0.2, -0.15) is 9.59 Å². The largest absolute Gasteiger partial charge is 0.478 e. The fraction of sp³-hybridized carbons (Fsp3) is 0.356. The summed E-state index contributed by atoms with van der Waals surface area (Å²) in [5, 5.41) is 10.9. The maximum Gasteiger partial charge on any atom is 0.373 e. The number of benzene rings is 9. The molecule has 9 aromatic rings. The minimum absolute atomic E-state index is 0.0584. The van der Waals surface area contributed by atoms with Crippen molar-refractivity contribution in [3.63, 3.8) is 0 Å². The fourth-order valence-corrected chi connectivity index (χ4v) is 14.1. The van der Waals surface area contributed by atoms with Crippen LogP contribution < -0.4 is 0 Å². The van der Waals surface area contributed by atoms with Crippen molar-refractivity contribution in [2.24, 2.45) is 0 Å². The van der Waals surface area contributed by atoms with Crippen LogP contribution in [0.5, 0.6) is 0 Å². The predicted molar refractivity (Wildman–Crippen MR) is 442 cm³/mol. The maximum atomic E-state index is 11.0. The van der Waals surface area contributed by atoms with Crippen LogP contribution in [0.3, 0.4) is 0 Å².